The van der Waals surface area contributed by atoms with E-state index in [-0.39, 0.29) is 0 Å². The maximum absolute atomic E-state index is 3.75. The van der Waals surface area contributed by atoms with Crippen LogP contribution in [0.3, 0.4) is 0 Å². The van der Waals surface area contributed by atoms with Crippen molar-refractivity contribution in [1.29, 1.82) is 0 Å². The Bertz CT molecular complexity index is 526. The lowest BCUT2D eigenvalue weighted by Gasteiger charge is -2.24. The van der Waals surface area contributed by atoms with E-state index in [1.807, 2.05) is 11.3 Å². The summed E-state index contributed by atoms with van der Waals surface area (Å²) in [5.74, 6) is 0. The van der Waals surface area contributed by atoms with Gasteiger partial charge in [-0.1, -0.05) is 6.92 Å². The second kappa shape index (κ2) is 5.93. The van der Waals surface area contributed by atoms with Gasteiger partial charge in [-0.3, -0.25) is 0 Å². The van der Waals surface area contributed by atoms with Crippen molar-refractivity contribution in [1.82, 2.24) is 9.88 Å². The van der Waals surface area contributed by atoms with Gasteiger partial charge in [-0.05, 0) is 54.8 Å². The van der Waals surface area contributed by atoms with Gasteiger partial charge in [0.05, 0.1) is 0 Å². The van der Waals surface area contributed by atoms with E-state index in [0.29, 0.717) is 6.04 Å². The Labute approximate surface area is 119 Å². The molecule has 0 aliphatic heterocycles. The first-order valence-electron chi connectivity index (χ1n) is 7.32. The van der Waals surface area contributed by atoms with Crippen molar-refractivity contribution in [2.45, 2.75) is 51.7 Å². The summed E-state index contributed by atoms with van der Waals surface area (Å²) in [6, 6.07) is 7.26. The Morgan fingerprint density at radius 2 is 2.37 bits per heavy atom. The summed E-state index contributed by atoms with van der Waals surface area (Å²) in [6.07, 6.45) is 7.26. The van der Waals surface area contributed by atoms with Crippen molar-refractivity contribution in [3.63, 3.8) is 0 Å². The summed E-state index contributed by atoms with van der Waals surface area (Å²) in [6.45, 7) is 4.33. The molecule has 3 rings (SSSR count). The van der Waals surface area contributed by atoms with Gasteiger partial charge in [-0.25, -0.2) is 0 Å². The highest BCUT2D eigenvalue weighted by molar-refractivity contribution is 7.10. The molecule has 0 fully saturated rings. The predicted octanol–water partition coefficient (Wildman–Crippen LogP) is 4.13. The summed E-state index contributed by atoms with van der Waals surface area (Å²) >= 11 is 1.92. The van der Waals surface area contributed by atoms with Crippen molar-refractivity contribution >= 4 is 11.3 Å². The van der Waals surface area contributed by atoms with Gasteiger partial charge < -0.3 is 9.88 Å². The normalized spacial score (nSPS) is 18.5. The molecule has 1 aliphatic rings. The number of hydrogen-bond acceptors (Lipinski definition) is 2. The van der Waals surface area contributed by atoms with Crippen molar-refractivity contribution in [3.8, 4) is 0 Å². The molecule has 0 saturated heterocycles. The molecule has 0 spiro atoms. The van der Waals surface area contributed by atoms with E-state index in [1.165, 1.54) is 31.4 Å². The van der Waals surface area contributed by atoms with E-state index in [1.54, 1.807) is 10.4 Å². The minimum atomic E-state index is 0.556. The quantitative estimate of drug-likeness (QED) is 0.867. The molecule has 19 heavy (non-hydrogen) atoms. The summed E-state index contributed by atoms with van der Waals surface area (Å²) < 4.78 is 2.37. The van der Waals surface area contributed by atoms with Gasteiger partial charge in [0.2, 0.25) is 0 Å². The molecule has 0 amide bonds. The van der Waals surface area contributed by atoms with Gasteiger partial charge in [0.1, 0.15) is 0 Å². The maximum atomic E-state index is 3.75. The fourth-order valence-electron chi connectivity index (χ4n) is 3.00. The Morgan fingerprint density at radius 3 is 3.26 bits per heavy atom. The van der Waals surface area contributed by atoms with Crippen LogP contribution in [0.4, 0.5) is 0 Å². The number of aryl methyl sites for hydroxylation is 2. The van der Waals surface area contributed by atoms with Crippen LogP contribution in [0, 0.1) is 0 Å². The average molecular weight is 274 g/mol. The number of fused-ring (bicyclic) bond motifs is 1. The zero-order chi connectivity index (χ0) is 13.1. The summed E-state index contributed by atoms with van der Waals surface area (Å²) in [7, 11) is 0. The monoisotopic (exact) mass is 274 g/mol. The first kappa shape index (κ1) is 12.9. The van der Waals surface area contributed by atoms with E-state index >= 15 is 0 Å². The Kier molecular flexibility index (Phi) is 4.04. The third kappa shape index (κ3) is 2.77. The molecule has 2 nitrogen and oxygen atoms in total. The Balaban J connectivity index is 1.66. The smallest absolute Gasteiger partial charge is 0.0364 e. The fourth-order valence-corrected chi connectivity index (χ4v) is 3.98. The lowest BCUT2D eigenvalue weighted by molar-refractivity contribution is 0.453. The van der Waals surface area contributed by atoms with Crippen LogP contribution in [0.1, 0.15) is 48.4 Å². The molecule has 2 aromatic heterocycles. The molecule has 3 heteroatoms. The molecule has 1 atom stereocenters. The van der Waals surface area contributed by atoms with Gasteiger partial charge in [0.25, 0.3) is 0 Å². The molecule has 1 aliphatic carbocycles. The third-order valence-electron chi connectivity index (χ3n) is 3.97. The van der Waals surface area contributed by atoms with E-state index in [9.17, 15) is 0 Å². The molecular weight excluding hydrogens is 252 g/mol. The third-order valence-corrected chi connectivity index (χ3v) is 4.97. The lowest BCUT2D eigenvalue weighted by atomic mass is 9.94. The van der Waals surface area contributed by atoms with Crippen molar-refractivity contribution in [2.75, 3.05) is 0 Å². The first-order chi connectivity index (χ1) is 9.38. The largest absolute Gasteiger partial charge is 0.350 e. The molecule has 2 heterocycles. The molecule has 2 aromatic rings. The molecule has 0 saturated carbocycles. The summed E-state index contributed by atoms with van der Waals surface area (Å²) in [4.78, 5) is 1.59. The number of nitrogens with zero attached hydrogens (tertiary/aromatic N) is 1. The Morgan fingerprint density at radius 1 is 1.42 bits per heavy atom. The number of nitrogens with one attached hydrogen (secondary N) is 1. The van der Waals surface area contributed by atoms with Gasteiger partial charge in [-0.15, -0.1) is 11.3 Å². The summed E-state index contributed by atoms with van der Waals surface area (Å²) in [5.41, 5.74) is 2.95. The van der Waals surface area contributed by atoms with E-state index in [4.69, 9.17) is 0 Å². The number of hydrogen-bond donors (Lipinski definition) is 1. The molecule has 102 valence electrons. The second-order valence-corrected chi connectivity index (χ2v) is 6.32. The average Bonchev–Trinajstić information content (AvgIpc) is 3.05. The standard InChI is InChI=1S/C16H22N2S/c1-2-9-18-10-4-5-13(18)12-17-15-6-3-7-16-14(15)8-11-19-16/h4-5,8,10-11,15,17H,2-3,6-7,9,12H2,1H3. The van der Waals surface area contributed by atoms with E-state index in [0.717, 1.165) is 13.1 Å². The van der Waals surface area contributed by atoms with Crippen molar-refractivity contribution in [3.05, 3.63) is 45.9 Å². The molecular formula is C16H22N2S. The number of rotatable bonds is 5. The van der Waals surface area contributed by atoms with Crippen LogP contribution in [-0.4, -0.2) is 4.57 Å². The van der Waals surface area contributed by atoms with E-state index < -0.39 is 0 Å². The zero-order valence-corrected chi connectivity index (χ0v) is 12.4. The molecule has 1 N–H and O–H groups in total. The van der Waals surface area contributed by atoms with Crippen molar-refractivity contribution < 1.29 is 0 Å². The van der Waals surface area contributed by atoms with Crippen LogP contribution >= 0.6 is 11.3 Å². The SMILES string of the molecule is CCCn1cccc1CNC1CCCc2sccc21. The fraction of sp³-hybridized carbons (Fsp3) is 0.500. The number of thiophene rings is 1. The lowest BCUT2D eigenvalue weighted by Crippen LogP contribution is -2.25. The van der Waals surface area contributed by atoms with E-state index in [2.05, 4.69) is 46.6 Å². The van der Waals surface area contributed by atoms with Crippen LogP contribution in [0.15, 0.2) is 29.8 Å². The highest BCUT2D eigenvalue weighted by Gasteiger charge is 2.20. The molecule has 0 aromatic carbocycles. The zero-order valence-electron chi connectivity index (χ0n) is 11.6. The topological polar surface area (TPSA) is 17.0 Å². The van der Waals surface area contributed by atoms with Crippen LogP contribution in [0.5, 0.6) is 0 Å². The van der Waals surface area contributed by atoms with Crippen molar-refractivity contribution in [2.24, 2.45) is 0 Å². The molecule has 1 unspecified atom stereocenters. The Hall–Kier alpha value is -1.06. The minimum absolute atomic E-state index is 0.556. The van der Waals surface area contributed by atoms with Gasteiger partial charge in [-0.2, -0.15) is 0 Å². The maximum Gasteiger partial charge on any atom is 0.0364 e. The van der Waals surface area contributed by atoms with Crippen LogP contribution in [-0.2, 0) is 19.5 Å². The van der Waals surface area contributed by atoms with Gasteiger partial charge in [0.15, 0.2) is 0 Å². The highest BCUT2D eigenvalue weighted by atomic mass is 32.1. The van der Waals surface area contributed by atoms with Gasteiger partial charge in [0, 0.05) is 35.9 Å². The number of aromatic nitrogens is 1. The summed E-state index contributed by atoms with van der Waals surface area (Å²) in [5, 5.41) is 5.99. The molecule has 0 bridgehead atoms. The van der Waals surface area contributed by atoms with Crippen LogP contribution < -0.4 is 5.32 Å². The first-order valence-corrected chi connectivity index (χ1v) is 8.20. The molecule has 0 radical (unpaired) electrons. The van der Waals surface area contributed by atoms with Crippen LogP contribution in [0.25, 0.3) is 0 Å². The van der Waals surface area contributed by atoms with Crippen LogP contribution in [0.2, 0.25) is 0 Å². The van der Waals surface area contributed by atoms with Gasteiger partial charge >= 0.3 is 0 Å². The highest BCUT2D eigenvalue weighted by Crippen LogP contribution is 2.33. The minimum Gasteiger partial charge on any atom is -0.350 e. The predicted molar refractivity (Wildman–Crippen MR) is 81.6 cm³/mol. The second-order valence-electron chi connectivity index (χ2n) is 5.32.